The first-order chi connectivity index (χ1) is 9.82. The lowest BCUT2D eigenvalue weighted by Gasteiger charge is -2.37. The van der Waals surface area contributed by atoms with Crippen LogP contribution in [0.5, 0.6) is 0 Å². The van der Waals surface area contributed by atoms with Gasteiger partial charge in [-0.3, -0.25) is 14.9 Å². The van der Waals surface area contributed by atoms with Gasteiger partial charge in [0.1, 0.15) is 5.56 Å². The van der Waals surface area contributed by atoms with Crippen LogP contribution in [-0.2, 0) is 0 Å². The Hall–Kier alpha value is -2.05. The van der Waals surface area contributed by atoms with Crippen LogP contribution in [0.2, 0.25) is 0 Å². The number of halogens is 2. The molecule has 2 atom stereocenters. The Morgan fingerprint density at radius 2 is 1.95 bits per heavy atom. The van der Waals surface area contributed by atoms with Gasteiger partial charge in [0.2, 0.25) is 0 Å². The molecule has 0 aromatic heterocycles. The van der Waals surface area contributed by atoms with E-state index in [9.17, 15) is 23.7 Å². The zero-order valence-corrected chi connectivity index (χ0v) is 11.8. The number of hydrogen-bond donors (Lipinski definition) is 0. The van der Waals surface area contributed by atoms with Crippen molar-refractivity contribution in [3.05, 3.63) is 39.4 Å². The first-order valence-corrected chi connectivity index (χ1v) is 6.77. The second kappa shape index (κ2) is 5.75. The first-order valence-electron chi connectivity index (χ1n) is 6.77. The third-order valence-electron chi connectivity index (χ3n) is 4.10. The fraction of sp³-hybridized carbons (Fsp3) is 0.500. The predicted octanol–water partition coefficient (Wildman–Crippen LogP) is 3.13. The molecule has 1 aromatic rings. The molecule has 0 saturated carbocycles. The Morgan fingerprint density at radius 3 is 2.57 bits per heavy atom. The van der Waals surface area contributed by atoms with Gasteiger partial charge in [-0.1, -0.05) is 6.92 Å². The number of nitro benzene ring substituents is 1. The van der Waals surface area contributed by atoms with Crippen LogP contribution in [0, 0.1) is 27.7 Å². The van der Waals surface area contributed by atoms with E-state index in [2.05, 4.69) is 0 Å². The van der Waals surface area contributed by atoms with Crippen LogP contribution in [0.1, 0.15) is 37.0 Å². The monoisotopic (exact) mass is 298 g/mol. The number of carbonyl (C=O) groups is 1. The molecule has 7 heteroatoms. The number of nitrogens with zero attached hydrogens (tertiary/aromatic N) is 2. The van der Waals surface area contributed by atoms with Crippen LogP contribution in [0.4, 0.5) is 14.5 Å². The molecule has 1 fully saturated rings. The summed E-state index contributed by atoms with van der Waals surface area (Å²) < 4.78 is 26.5. The highest BCUT2D eigenvalue weighted by Gasteiger charge is 2.33. The molecule has 114 valence electrons. The van der Waals surface area contributed by atoms with Crippen molar-refractivity contribution in [1.29, 1.82) is 0 Å². The van der Waals surface area contributed by atoms with E-state index in [-0.39, 0.29) is 12.0 Å². The van der Waals surface area contributed by atoms with Gasteiger partial charge in [-0.05, 0) is 31.7 Å². The number of amides is 1. The van der Waals surface area contributed by atoms with Gasteiger partial charge in [-0.25, -0.2) is 8.78 Å². The van der Waals surface area contributed by atoms with Gasteiger partial charge >= 0.3 is 0 Å². The Labute approximate surface area is 120 Å². The van der Waals surface area contributed by atoms with Gasteiger partial charge in [-0.2, -0.15) is 0 Å². The van der Waals surface area contributed by atoms with E-state index in [4.69, 9.17) is 0 Å². The molecule has 0 N–H and O–H groups in total. The normalized spacial score (nSPS) is 22.2. The fourth-order valence-electron chi connectivity index (χ4n) is 2.64. The topological polar surface area (TPSA) is 63.5 Å². The van der Waals surface area contributed by atoms with E-state index in [0.29, 0.717) is 18.7 Å². The van der Waals surface area contributed by atoms with Crippen LogP contribution >= 0.6 is 0 Å². The summed E-state index contributed by atoms with van der Waals surface area (Å²) in [5.41, 5.74) is -1.11. The predicted molar refractivity (Wildman–Crippen MR) is 71.9 cm³/mol. The summed E-state index contributed by atoms with van der Waals surface area (Å²) in [6.07, 6.45) is 1.75. The van der Waals surface area contributed by atoms with Crippen molar-refractivity contribution in [1.82, 2.24) is 4.90 Å². The highest BCUT2D eigenvalue weighted by atomic mass is 19.2. The van der Waals surface area contributed by atoms with Crippen LogP contribution in [0.3, 0.4) is 0 Å². The third-order valence-corrected chi connectivity index (χ3v) is 4.10. The highest BCUT2D eigenvalue weighted by molar-refractivity contribution is 5.98. The molecule has 2 unspecified atom stereocenters. The number of hydrogen-bond acceptors (Lipinski definition) is 3. The molecule has 0 aliphatic carbocycles. The van der Waals surface area contributed by atoms with Crippen molar-refractivity contribution in [2.24, 2.45) is 5.92 Å². The lowest BCUT2D eigenvalue weighted by molar-refractivity contribution is -0.385. The summed E-state index contributed by atoms with van der Waals surface area (Å²) in [6.45, 7) is 4.30. The number of benzene rings is 1. The van der Waals surface area contributed by atoms with Crippen molar-refractivity contribution in [2.45, 2.75) is 32.7 Å². The second-order valence-corrected chi connectivity index (χ2v) is 5.40. The number of carbonyl (C=O) groups excluding carboxylic acids is 1. The summed E-state index contributed by atoms with van der Waals surface area (Å²) in [6, 6.07) is 0.974. The summed E-state index contributed by atoms with van der Waals surface area (Å²) in [5, 5.41) is 11.0. The molecule has 1 amide bonds. The average Bonchev–Trinajstić information content (AvgIpc) is 2.43. The zero-order chi connectivity index (χ0) is 15.7. The van der Waals surface area contributed by atoms with Crippen molar-refractivity contribution in [3.63, 3.8) is 0 Å². The number of rotatable bonds is 2. The molecule has 0 spiro atoms. The van der Waals surface area contributed by atoms with Crippen LogP contribution < -0.4 is 0 Å². The van der Waals surface area contributed by atoms with Crippen LogP contribution in [0.25, 0.3) is 0 Å². The van der Waals surface area contributed by atoms with Crippen LogP contribution in [0.15, 0.2) is 12.1 Å². The third kappa shape index (κ3) is 2.86. The molecule has 1 aliphatic heterocycles. The number of nitro groups is 1. The molecule has 1 aromatic carbocycles. The largest absolute Gasteiger partial charge is 0.335 e. The summed E-state index contributed by atoms with van der Waals surface area (Å²) in [7, 11) is 0. The molecule has 0 bridgehead atoms. The summed E-state index contributed by atoms with van der Waals surface area (Å²) in [4.78, 5) is 24.1. The van der Waals surface area contributed by atoms with Gasteiger partial charge < -0.3 is 4.90 Å². The standard InChI is InChI=1S/C14H16F2N2O3/c1-8-4-3-5-17(9(8)2)14(19)10-6-11(15)12(16)7-13(10)18(20)21/h6-9H,3-5H2,1-2H3. The minimum atomic E-state index is -1.33. The van der Waals surface area contributed by atoms with E-state index in [1.54, 1.807) is 0 Å². The SMILES string of the molecule is CC1CCCN(C(=O)c2cc(F)c(F)cc2[N+](=O)[O-])C1C. The summed E-state index contributed by atoms with van der Waals surface area (Å²) >= 11 is 0. The minimum Gasteiger partial charge on any atom is -0.335 e. The first kappa shape index (κ1) is 15.3. The van der Waals surface area contributed by atoms with E-state index in [1.807, 2.05) is 13.8 Å². The molecule has 5 nitrogen and oxygen atoms in total. The van der Waals surface area contributed by atoms with Crippen molar-refractivity contribution in [2.75, 3.05) is 6.54 Å². The molecule has 0 radical (unpaired) electrons. The lowest BCUT2D eigenvalue weighted by atomic mass is 9.91. The van der Waals surface area contributed by atoms with Gasteiger partial charge in [-0.15, -0.1) is 0 Å². The van der Waals surface area contributed by atoms with Crippen molar-refractivity contribution < 1.29 is 18.5 Å². The Balaban J connectivity index is 2.43. The maximum atomic E-state index is 13.4. The molecule has 2 rings (SSSR count). The molecule has 21 heavy (non-hydrogen) atoms. The number of likely N-dealkylation sites (tertiary alicyclic amines) is 1. The maximum Gasteiger partial charge on any atom is 0.285 e. The molecule has 1 aliphatic rings. The molecular formula is C14H16F2N2O3. The van der Waals surface area contributed by atoms with E-state index >= 15 is 0 Å². The maximum absolute atomic E-state index is 13.4. The van der Waals surface area contributed by atoms with Gasteiger partial charge in [0, 0.05) is 12.6 Å². The van der Waals surface area contributed by atoms with Gasteiger partial charge in [0.25, 0.3) is 11.6 Å². The van der Waals surface area contributed by atoms with Crippen LogP contribution in [-0.4, -0.2) is 28.3 Å². The van der Waals surface area contributed by atoms with Gasteiger partial charge in [0.15, 0.2) is 11.6 Å². The summed E-state index contributed by atoms with van der Waals surface area (Å²) in [5.74, 6) is -2.97. The quantitative estimate of drug-likeness (QED) is 0.622. The van der Waals surface area contributed by atoms with E-state index in [1.165, 1.54) is 4.90 Å². The number of piperidine rings is 1. The smallest absolute Gasteiger partial charge is 0.285 e. The highest BCUT2D eigenvalue weighted by Crippen LogP contribution is 2.28. The zero-order valence-electron chi connectivity index (χ0n) is 11.8. The van der Waals surface area contributed by atoms with Crippen molar-refractivity contribution >= 4 is 11.6 Å². The molecule has 1 saturated heterocycles. The molecule has 1 heterocycles. The van der Waals surface area contributed by atoms with E-state index < -0.39 is 33.7 Å². The second-order valence-electron chi connectivity index (χ2n) is 5.40. The van der Waals surface area contributed by atoms with Crippen molar-refractivity contribution in [3.8, 4) is 0 Å². The van der Waals surface area contributed by atoms with Gasteiger partial charge in [0.05, 0.1) is 11.0 Å². The Kier molecular flexibility index (Phi) is 4.20. The fourth-order valence-corrected chi connectivity index (χ4v) is 2.64. The lowest BCUT2D eigenvalue weighted by Crippen LogP contribution is -2.46. The average molecular weight is 298 g/mol. The molecular weight excluding hydrogens is 282 g/mol. The minimum absolute atomic E-state index is 0.0982. The van der Waals surface area contributed by atoms with E-state index in [0.717, 1.165) is 12.8 Å². The Bertz CT molecular complexity index is 592. The Morgan fingerprint density at radius 1 is 1.33 bits per heavy atom.